The van der Waals surface area contributed by atoms with E-state index in [0.717, 1.165) is 0 Å². The topological polar surface area (TPSA) is 61.8 Å². The molecule has 0 saturated heterocycles. The second kappa shape index (κ2) is 7.86. The minimum Gasteiger partial charge on any atom is -0.482 e. The van der Waals surface area contributed by atoms with Gasteiger partial charge in [0.15, 0.2) is 12.4 Å². The van der Waals surface area contributed by atoms with Crippen LogP contribution in [0.4, 0.5) is 0 Å². The van der Waals surface area contributed by atoms with Crippen molar-refractivity contribution >= 4 is 41.0 Å². The molecular formula is C21H18Cl2O5. The first-order valence-corrected chi connectivity index (χ1v) is 9.26. The molecule has 0 N–H and O–H groups in total. The van der Waals surface area contributed by atoms with Crippen molar-refractivity contribution in [3.05, 3.63) is 63.3 Å². The van der Waals surface area contributed by atoms with Crippen LogP contribution in [0.1, 0.15) is 36.7 Å². The number of ketones is 1. The molecule has 0 unspecified atom stereocenters. The monoisotopic (exact) mass is 420 g/mol. The number of Topliss-reactive ketones (excluding diaryl/α,β-unsaturated/α-hetero) is 1. The highest BCUT2D eigenvalue weighted by atomic mass is 35.5. The molecule has 0 fully saturated rings. The van der Waals surface area contributed by atoms with Crippen LogP contribution in [0.15, 0.2) is 42.2 Å². The van der Waals surface area contributed by atoms with Gasteiger partial charge in [0.05, 0.1) is 15.6 Å². The molecule has 0 bridgehead atoms. The molecule has 1 aliphatic heterocycles. The standard InChI is InChI=1S/C21H18Cl2O5/c1-21(2,3)28-19(24)11-26-13-5-6-14-17(10-13)27-18(20(14)25)9-12-4-7-15(22)16(23)8-12/h4-10H,11H2,1-3H3/b18-9-. The molecule has 0 atom stereocenters. The number of halogens is 2. The quantitative estimate of drug-likeness (QED) is 0.493. The van der Waals surface area contributed by atoms with Gasteiger partial charge in [0.2, 0.25) is 5.78 Å². The van der Waals surface area contributed by atoms with Gasteiger partial charge in [-0.15, -0.1) is 0 Å². The molecule has 0 amide bonds. The van der Waals surface area contributed by atoms with Crippen LogP contribution < -0.4 is 9.47 Å². The molecule has 0 saturated carbocycles. The van der Waals surface area contributed by atoms with Gasteiger partial charge >= 0.3 is 5.97 Å². The second-order valence-electron chi connectivity index (χ2n) is 7.15. The average molecular weight is 421 g/mol. The number of hydrogen-bond donors (Lipinski definition) is 0. The van der Waals surface area contributed by atoms with Crippen molar-refractivity contribution in [2.45, 2.75) is 26.4 Å². The summed E-state index contributed by atoms with van der Waals surface area (Å²) in [4.78, 5) is 24.3. The van der Waals surface area contributed by atoms with E-state index in [1.54, 1.807) is 63.2 Å². The predicted molar refractivity (Wildman–Crippen MR) is 107 cm³/mol. The fourth-order valence-corrected chi connectivity index (χ4v) is 2.83. The largest absolute Gasteiger partial charge is 0.482 e. The summed E-state index contributed by atoms with van der Waals surface area (Å²) >= 11 is 11.9. The van der Waals surface area contributed by atoms with Gasteiger partial charge in [0.1, 0.15) is 17.1 Å². The first kappa shape index (κ1) is 20.2. The fraction of sp³-hybridized carbons (Fsp3) is 0.238. The van der Waals surface area contributed by atoms with Gasteiger partial charge in [-0.3, -0.25) is 4.79 Å². The van der Waals surface area contributed by atoms with Crippen LogP contribution in [0.25, 0.3) is 6.08 Å². The van der Waals surface area contributed by atoms with Gasteiger partial charge in [-0.1, -0.05) is 29.3 Å². The van der Waals surface area contributed by atoms with Crippen LogP contribution >= 0.6 is 23.2 Å². The van der Waals surface area contributed by atoms with E-state index in [1.807, 2.05) is 0 Å². The SMILES string of the molecule is CC(C)(C)OC(=O)COc1ccc2c(c1)O/C(=C\c1ccc(Cl)c(Cl)c1)C2=O. The fourth-order valence-electron chi connectivity index (χ4n) is 2.52. The molecule has 3 rings (SSSR count). The molecule has 0 radical (unpaired) electrons. The third-order valence-corrected chi connectivity index (χ3v) is 4.40. The summed E-state index contributed by atoms with van der Waals surface area (Å²) < 4.78 is 16.3. The molecule has 1 aliphatic rings. The first-order chi connectivity index (χ1) is 13.1. The van der Waals surface area contributed by atoms with Crippen molar-refractivity contribution in [2.24, 2.45) is 0 Å². The summed E-state index contributed by atoms with van der Waals surface area (Å²) in [6.07, 6.45) is 1.59. The van der Waals surface area contributed by atoms with Crippen LogP contribution in [-0.4, -0.2) is 24.0 Å². The van der Waals surface area contributed by atoms with E-state index >= 15 is 0 Å². The minimum absolute atomic E-state index is 0.165. The summed E-state index contributed by atoms with van der Waals surface area (Å²) in [5, 5.41) is 0.814. The maximum absolute atomic E-state index is 12.5. The highest BCUT2D eigenvalue weighted by Gasteiger charge is 2.28. The van der Waals surface area contributed by atoms with Crippen molar-refractivity contribution in [1.29, 1.82) is 0 Å². The van der Waals surface area contributed by atoms with Crippen LogP contribution in [0.3, 0.4) is 0 Å². The molecular weight excluding hydrogens is 403 g/mol. The second-order valence-corrected chi connectivity index (χ2v) is 7.96. The molecule has 1 heterocycles. The van der Waals surface area contributed by atoms with Gasteiger partial charge in [0.25, 0.3) is 0 Å². The summed E-state index contributed by atoms with van der Waals surface area (Å²) in [7, 11) is 0. The lowest BCUT2D eigenvalue weighted by molar-refractivity contribution is -0.157. The maximum atomic E-state index is 12.5. The molecule has 0 aliphatic carbocycles. The lowest BCUT2D eigenvalue weighted by Gasteiger charge is -2.19. The van der Waals surface area contributed by atoms with Crippen molar-refractivity contribution in [3.63, 3.8) is 0 Å². The van der Waals surface area contributed by atoms with Gasteiger partial charge in [-0.25, -0.2) is 4.79 Å². The summed E-state index contributed by atoms with van der Waals surface area (Å²) in [5.74, 6) is 0.189. The predicted octanol–water partition coefficient (Wildman–Crippen LogP) is 5.33. The molecule has 2 aromatic carbocycles. The van der Waals surface area contributed by atoms with E-state index in [2.05, 4.69) is 0 Å². The zero-order valence-electron chi connectivity index (χ0n) is 15.5. The van der Waals surface area contributed by atoms with Gasteiger partial charge in [-0.05, 0) is 56.7 Å². The number of esters is 1. The third kappa shape index (κ3) is 4.86. The molecule has 7 heteroatoms. The Morgan fingerprint density at radius 2 is 1.86 bits per heavy atom. The van der Waals surface area contributed by atoms with Crippen molar-refractivity contribution in [2.75, 3.05) is 6.61 Å². The van der Waals surface area contributed by atoms with Crippen molar-refractivity contribution in [3.8, 4) is 11.5 Å². The van der Waals surface area contributed by atoms with Crippen LogP contribution in [0, 0.1) is 0 Å². The number of fused-ring (bicyclic) bond motifs is 1. The third-order valence-electron chi connectivity index (χ3n) is 3.66. The van der Waals surface area contributed by atoms with Crippen LogP contribution in [0.2, 0.25) is 10.0 Å². The number of benzene rings is 2. The van der Waals surface area contributed by atoms with Crippen molar-refractivity contribution in [1.82, 2.24) is 0 Å². The normalized spacial score (nSPS) is 14.6. The van der Waals surface area contributed by atoms with E-state index in [0.29, 0.717) is 32.7 Å². The zero-order chi connectivity index (χ0) is 20.5. The lowest BCUT2D eigenvalue weighted by atomic mass is 10.1. The Kier molecular flexibility index (Phi) is 5.68. The molecule has 0 spiro atoms. The van der Waals surface area contributed by atoms with Crippen molar-refractivity contribution < 1.29 is 23.8 Å². The number of rotatable bonds is 4. The van der Waals surface area contributed by atoms with Crippen LogP contribution in [-0.2, 0) is 9.53 Å². The summed E-state index contributed by atoms with van der Waals surface area (Å²) in [6.45, 7) is 5.10. The Hall–Kier alpha value is -2.50. The number of ether oxygens (including phenoxy) is 3. The van der Waals surface area contributed by atoms with E-state index in [9.17, 15) is 9.59 Å². The molecule has 28 heavy (non-hydrogen) atoms. The van der Waals surface area contributed by atoms with E-state index in [-0.39, 0.29) is 18.1 Å². The van der Waals surface area contributed by atoms with Gasteiger partial charge in [0, 0.05) is 6.07 Å². The number of carbonyl (C=O) groups is 2. The Balaban J connectivity index is 1.72. The maximum Gasteiger partial charge on any atom is 0.344 e. The molecule has 2 aromatic rings. The molecule has 0 aromatic heterocycles. The first-order valence-electron chi connectivity index (χ1n) is 8.50. The molecule has 5 nitrogen and oxygen atoms in total. The average Bonchev–Trinajstić information content (AvgIpc) is 2.90. The van der Waals surface area contributed by atoms with E-state index in [1.165, 1.54) is 0 Å². The minimum atomic E-state index is -0.585. The Labute approximate surface area is 172 Å². The van der Waals surface area contributed by atoms with Crippen LogP contribution in [0.5, 0.6) is 11.5 Å². The number of carbonyl (C=O) groups excluding carboxylic acids is 2. The zero-order valence-corrected chi connectivity index (χ0v) is 17.1. The Morgan fingerprint density at radius 3 is 2.54 bits per heavy atom. The molecule has 146 valence electrons. The van der Waals surface area contributed by atoms with Gasteiger partial charge in [-0.2, -0.15) is 0 Å². The number of hydrogen-bond acceptors (Lipinski definition) is 5. The lowest BCUT2D eigenvalue weighted by Crippen LogP contribution is -2.27. The van der Waals surface area contributed by atoms with E-state index in [4.69, 9.17) is 37.4 Å². The Bertz CT molecular complexity index is 973. The summed E-state index contributed by atoms with van der Waals surface area (Å²) in [5.41, 5.74) is 0.515. The van der Waals surface area contributed by atoms with Gasteiger partial charge < -0.3 is 14.2 Å². The van der Waals surface area contributed by atoms with E-state index < -0.39 is 11.6 Å². The number of allylic oxidation sites excluding steroid dienone is 1. The highest BCUT2D eigenvalue weighted by molar-refractivity contribution is 6.42. The summed E-state index contributed by atoms with van der Waals surface area (Å²) in [6, 6.07) is 9.78. The highest BCUT2D eigenvalue weighted by Crippen LogP contribution is 2.35. The Morgan fingerprint density at radius 1 is 1.11 bits per heavy atom. The smallest absolute Gasteiger partial charge is 0.344 e.